The Kier molecular flexibility index (Phi) is 5.12. The lowest BCUT2D eigenvalue weighted by Crippen LogP contribution is -2.62. The molecule has 3 aliphatic rings. The van der Waals surface area contributed by atoms with Crippen molar-refractivity contribution in [1.82, 2.24) is 19.7 Å². The Morgan fingerprint density at radius 1 is 1.30 bits per heavy atom. The van der Waals surface area contributed by atoms with Crippen LogP contribution in [0.3, 0.4) is 0 Å². The minimum atomic E-state index is -0.301. The number of rotatable bonds is 4. The first kappa shape index (κ1) is 18.3. The fourth-order valence-corrected chi connectivity index (χ4v) is 4.65. The van der Waals surface area contributed by atoms with Gasteiger partial charge in [-0.25, -0.2) is 0 Å². The lowest BCUT2D eigenvalue weighted by Gasteiger charge is -2.48. The van der Waals surface area contributed by atoms with Crippen LogP contribution in [0.4, 0.5) is 0 Å². The Labute approximate surface area is 159 Å². The normalized spacial score (nSPS) is 25.1. The molecule has 3 fully saturated rings. The minimum Gasteiger partial charge on any atom is -0.383 e. The Bertz CT molecular complexity index is 692. The quantitative estimate of drug-likeness (QED) is 0.750. The maximum Gasteiger partial charge on any atom is 0.254 e. The molecule has 1 aromatic heterocycles. The molecule has 0 bridgehead atoms. The molecule has 0 saturated carbocycles. The Morgan fingerprint density at radius 2 is 2.04 bits per heavy atom. The number of methoxy groups -OCH3 is 1. The van der Waals surface area contributed by atoms with Crippen LogP contribution in [-0.2, 0) is 14.3 Å². The van der Waals surface area contributed by atoms with Gasteiger partial charge in [0.25, 0.3) is 5.91 Å². The van der Waals surface area contributed by atoms with E-state index in [-0.39, 0.29) is 23.5 Å². The minimum absolute atomic E-state index is 0.0405. The van der Waals surface area contributed by atoms with Crippen molar-refractivity contribution in [3.05, 3.63) is 30.1 Å². The van der Waals surface area contributed by atoms with Crippen LogP contribution in [0.5, 0.6) is 0 Å². The first-order valence-electron chi connectivity index (χ1n) is 9.51. The van der Waals surface area contributed by atoms with Gasteiger partial charge in [-0.05, 0) is 12.1 Å². The molecule has 4 heterocycles. The number of pyridine rings is 1. The summed E-state index contributed by atoms with van der Waals surface area (Å²) in [4.78, 5) is 36.1. The molecule has 0 N–H and O–H groups in total. The van der Waals surface area contributed by atoms with Crippen LogP contribution in [0.2, 0.25) is 0 Å². The summed E-state index contributed by atoms with van der Waals surface area (Å²) in [6, 6.07) is 3.14. The van der Waals surface area contributed by atoms with Crippen LogP contribution in [0.25, 0.3) is 0 Å². The van der Waals surface area contributed by atoms with Crippen molar-refractivity contribution < 1.29 is 19.1 Å². The molecule has 3 aliphatic heterocycles. The lowest BCUT2D eigenvalue weighted by molar-refractivity contribution is -0.137. The van der Waals surface area contributed by atoms with Crippen LogP contribution >= 0.6 is 0 Å². The fraction of sp³-hybridized carbons (Fsp3) is 0.632. The van der Waals surface area contributed by atoms with Crippen LogP contribution < -0.4 is 0 Å². The second-order valence-corrected chi connectivity index (χ2v) is 7.27. The maximum absolute atomic E-state index is 13.3. The second-order valence-electron chi connectivity index (χ2n) is 7.27. The zero-order chi connectivity index (χ0) is 18.9. The first-order chi connectivity index (χ1) is 13.2. The summed E-state index contributed by atoms with van der Waals surface area (Å²) in [6.45, 7) is 4.11. The smallest absolute Gasteiger partial charge is 0.254 e. The molecule has 8 nitrogen and oxygen atoms in total. The molecule has 0 radical (unpaired) electrons. The summed E-state index contributed by atoms with van der Waals surface area (Å²) in [6.07, 6.45) is 4.84. The van der Waals surface area contributed by atoms with Crippen molar-refractivity contribution in [2.75, 3.05) is 53.1 Å². The van der Waals surface area contributed by atoms with Gasteiger partial charge in [0.1, 0.15) is 11.7 Å². The van der Waals surface area contributed by atoms with E-state index in [4.69, 9.17) is 9.47 Å². The van der Waals surface area contributed by atoms with Crippen molar-refractivity contribution in [2.45, 2.75) is 24.5 Å². The van der Waals surface area contributed by atoms with Crippen LogP contribution in [0.1, 0.15) is 23.2 Å². The number of hydrogen-bond donors (Lipinski definition) is 0. The number of hydrogen-bond acceptors (Lipinski definition) is 6. The standard InChI is InChI=1S/C19H26N4O4/c1-26-13-10-23-18(25)16-14-21(17(24)15-2-6-20-7-3-15)8-9-22(16)19(23)4-11-27-12-5-19/h2-3,6-7,16H,4-5,8-14H2,1H3/t16-/m1/s1. The zero-order valence-corrected chi connectivity index (χ0v) is 15.7. The molecule has 1 aromatic rings. The van der Waals surface area contributed by atoms with Crippen molar-refractivity contribution in [1.29, 1.82) is 0 Å². The highest BCUT2D eigenvalue weighted by atomic mass is 16.5. The third kappa shape index (κ3) is 3.11. The monoisotopic (exact) mass is 374 g/mol. The molecule has 0 aliphatic carbocycles. The summed E-state index contributed by atoms with van der Waals surface area (Å²) in [5, 5.41) is 0. The Balaban J connectivity index is 1.56. The van der Waals surface area contributed by atoms with Crippen molar-refractivity contribution in [3.8, 4) is 0 Å². The number of ether oxygens (including phenoxy) is 2. The molecule has 2 amide bonds. The largest absolute Gasteiger partial charge is 0.383 e. The predicted octanol–water partition coefficient (Wildman–Crippen LogP) is 0.203. The molecule has 146 valence electrons. The molecular formula is C19H26N4O4. The molecule has 1 spiro atoms. The van der Waals surface area contributed by atoms with Crippen LogP contribution in [0, 0.1) is 0 Å². The number of carbonyl (C=O) groups is 2. The summed E-state index contributed by atoms with van der Waals surface area (Å²) in [5.74, 6) is 0.0578. The van der Waals surface area contributed by atoms with Crippen LogP contribution in [-0.4, -0.2) is 96.3 Å². The SMILES string of the molecule is COCCN1C(=O)[C@H]2CN(C(=O)c3ccncc3)CCN2C12CCOCC2. The van der Waals surface area contributed by atoms with E-state index in [0.29, 0.717) is 51.6 Å². The molecule has 8 heteroatoms. The van der Waals surface area contributed by atoms with Gasteiger partial charge in [0, 0.05) is 64.1 Å². The second kappa shape index (κ2) is 7.53. The number of amides is 2. The van der Waals surface area contributed by atoms with Gasteiger partial charge in [-0.3, -0.25) is 19.5 Å². The summed E-state index contributed by atoms with van der Waals surface area (Å²) in [5.41, 5.74) is 0.311. The van der Waals surface area contributed by atoms with Crippen molar-refractivity contribution >= 4 is 11.8 Å². The summed E-state index contributed by atoms with van der Waals surface area (Å²) >= 11 is 0. The molecule has 0 unspecified atom stereocenters. The number of carbonyl (C=O) groups excluding carboxylic acids is 2. The highest BCUT2D eigenvalue weighted by Crippen LogP contribution is 2.41. The number of nitrogens with zero attached hydrogens (tertiary/aromatic N) is 4. The van der Waals surface area contributed by atoms with E-state index in [1.807, 2.05) is 4.90 Å². The van der Waals surface area contributed by atoms with Gasteiger partial charge in [0.05, 0.1) is 19.8 Å². The number of aromatic nitrogens is 1. The van der Waals surface area contributed by atoms with Gasteiger partial charge in [-0.1, -0.05) is 0 Å². The maximum atomic E-state index is 13.3. The van der Waals surface area contributed by atoms with E-state index in [2.05, 4.69) is 9.88 Å². The molecule has 4 rings (SSSR count). The third-order valence-corrected chi connectivity index (χ3v) is 6.00. The van der Waals surface area contributed by atoms with E-state index in [1.165, 1.54) is 0 Å². The molecular weight excluding hydrogens is 348 g/mol. The van der Waals surface area contributed by atoms with Crippen molar-refractivity contribution in [2.24, 2.45) is 0 Å². The fourth-order valence-electron chi connectivity index (χ4n) is 4.65. The van der Waals surface area contributed by atoms with Gasteiger partial charge < -0.3 is 19.3 Å². The van der Waals surface area contributed by atoms with E-state index in [0.717, 1.165) is 12.8 Å². The Morgan fingerprint density at radius 3 is 2.74 bits per heavy atom. The molecule has 0 aromatic carbocycles. The highest BCUT2D eigenvalue weighted by Gasteiger charge is 2.58. The van der Waals surface area contributed by atoms with E-state index in [9.17, 15) is 9.59 Å². The molecule has 27 heavy (non-hydrogen) atoms. The Hall–Kier alpha value is -2.03. The number of piperazine rings is 1. The van der Waals surface area contributed by atoms with Crippen molar-refractivity contribution in [3.63, 3.8) is 0 Å². The molecule has 3 saturated heterocycles. The summed E-state index contributed by atoms with van der Waals surface area (Å²) < 4.78 is 10.8. The highest BCUT2D eigenvalue weighted by molar-refractivity contribution is 5.95. The van der Waals surface area contributed by atoms with Gasteiger partial charge in [0.2, 0.25) is 5.91 Å². The first-order valence-corrected chi connectivity index (χ1v) is 9.51. The van der Waals surface area contributed by atoms with E-state index >= 15 is 0 Å². The zero-order valence-electron chi connectivity index (χ0n) is 15.7. The van der Waals surface area contributed by atoms with Crippen LogP contribution in [0.15, 0.2) is 24.5 Å². The van der Waals surface area contributed by atoms with Gasteiger partial charge in [0.15, 0.2) is 0 Å². The lowest BCUT2D eigenvalue weighted by atomic mass is 9.96. The molecule has 1 atom stereocenters. The third-order valence-electron chi connectivity index (χ3n) is 6.00. The average molecular weight is 374 g/mol. The summed E-state index contributed by atoms with van der Waals surface area (Å²) in [7, 11) is 1.65. The number of fused-ring (bicyclic) bond motifs is 2. The predicted molar refractivity (Wildman–Crippen MR) is 97.0 cm³/mol. The van der Waals surface area contributed by atoms with Gasteiger partial charge >= 0.3 is 0 Å². The topological polar surface area (TPSA) is 75.2 Å². The van der Waals surface area contributed by atoms with E-state index < -0.39 is 0 Å². The average Bonchev–Trinajstić information content (AvgIpc) is 2.94. The van der Waals surface area contributed by atoms with Gasteiger partial charge in [-0.2, -0.15) is 0 Å². The van der Waals surface area contributed by atoms with E-state index in [1.54, 1.807) is 36.5 Å². The van der Waals surface area contributed by atoms with Gasteiger partial charge in [-0.15, -0.1) is 0 Å².